The van der Waals surface area contributed by atoms with Gasteiger partial charge in [-0.3, -0.25) is 0 Å². The second kappa shape index (κ2) is 10.3. The SMILES string of the molecule is COC1C(OC(=O)[C@@H](NC(=O)OCc2ccccc2)C(C)C)C2OC(C)(C)OC2C2OC(C)(C)OC12. The lowest BCUT2D eigenvalue weighted by atomic mass is 9.84. The molecule has 2 aliphatic heterocycles. The number of alkyl carbamates (subject to hydrolysis) is 1. The number of fused-ring (bicyclic) bond motifs is 3. The molecule has 4 rings (SSSR count). The molecule has 10 nitrogen and oxygen atoms in total. The minimum Gasteiger partial charge on any atom is -0.455 e. The highest BCUT2D eigenvalue weighted by Crippen LogP contribution is 2.46. The van der Waals surface area contributed by atoms with E-state index in [9.17, 15) is 9.59 Å². The highest BCUT2D eigenvalue weighted by molar-refractivity contribution is 5.81. The predicted octanol–water partition coefficient (Wildman–Crippen LogP) is 2.92. The molecule has 1 amide bonds. The van der Waals surface area contributed by atoms with Crippen LogP contribution in [0.2, 0.25) is 0 Å². The van der Waals surface area contributed by atoms with Gasteiger partial charge in [0.2, 0.25) is 0 Å². The summed E-state index contributed by atoms with van der Waals surface area (Å²) in [5.41, 5.74) is 0.838. The number of nitrogens with one attached hydrogen (secondary N) is 1. The van der Waals surface area contributed by atoms with Crippen molar-refractivity contribution in [2.75, 3.05) is 7.11 Å². The van der Waals surface area contributed by atoms with E-state index in [0.717, 1.165) is 5.56 Å². The van der Waals surface area contributed by atoms with Crippen LogP contribution < -0.4 is 5.32 Å². The van der Waals surface area contributed by atoms with Gasteiger partial charge in [-0.15, -0.1) is 0 Å². The lowest BCUT2D eigenvalue weighted by Crippen LogP contribution is -2.64. The van der Waals surface area contributed by atoms with Crippen LogP contribution in [0.25, 0.3) is 0 Å². The Labute approximate surface area is 211 Å². The summed E-state index contributed by atoms with van der Waals surface area (Å²) in [6.07, 6.45) is -4.41. The Kier molecular flexibility index (Phi) is 7.64. The van der Waals surface area contributed by atoms with Crippen molar-refractivity contribution in [3.8, 4) is 0 Å². The van der Waals surface area contributed by atoms with Crippen LogP contribution in [0.4, 0.5) is 4.79 Å². The summed E-state index contributed by atoms with van der Waals surface area (Å²) in [5, 5.41) is 2.64. The van der Waals surface area contributed by atoms with E-state index < -0.39 is 66.3 Å². The van der Waals surface area contributed by atoms with Crippen molar-refractivity contribution in [2.24, 2.45) is 5.92 Å². The largest absolute Gasteiger partial charge is 0.455 e. The zero-order valence-electron chi connectivity index (χ0n) is 21.9. The van der Waals surface area contributed by atoms with Gasteiger partial charge >= 0.3 is 12.1 Å². The Bertz CT molecular complexity index is 935. The molecule has 2 saturated heterocycles. The van der Waals surface area contributed by atoms with Crippen LogP contribution in [0.5, 0.6) is 0 Å². The Morgan fingerprint density at radius 3 is 1.94 bits per heavy atom. The maximum absolute atomic E-state index is 13.4. The summed E-state index contributed by atoms with van der Waals surface area (Å²) in [6, 6.07) is 8.34. The number of esters is 1. The van der Waals surface area contributed by atoms with E-state index in [2.05, 4.69) is 5.32 Å². The molecule has 0 spiro atoms. The molecule has 6 unspecified atom stereocenters. The molecule has 200 valence electrons. The zero-order valence-corrected chi connectivity index (χ0v) is 21.9. The molecule has 1 aromatic carbocycles. The van der Waals surface area contributed by atoms with Gasteiger partial charge in [0.25, 0.3) is 0 Å². The second-order valence-electron chi connectivity index (χ2n) is 10.7. The number of amides is 1. The van der Waals surface area contributed by atoms with Gasteiger partial charge in [-0.2, -0.15) is 0 Å². The van der Waals surface area contributed by atoms with Gasteiger partial charge in [0, 0.05) is 7.11 Å². The van der Waals surface area contributed by atoms with E-state index >= 15 is 0 Å². The van der Waals surface area contributed by atoms with Gasteiger partial charge in [-0.05, 0) is 39.2 Å². The second-order valence-corrected chi connectivity index (χ2v) is 10.7. The van der Waals surface area contributed by atoms with Crippen LogP contribution in [0.3, 0.4) is 0 Å². The summed E-state index contributed by atoms with van der Waals surface area (Å²) in [5.74, 6) is -2.68. The first kappa shape index (κ1) is 26.8. The molecule has 1 aromatic rings. The fraction of sp³-hybridized carbons (Fsp3) is 0.692. The number of hydrogen-bond acceptors (Lipinski definition) is 9. The molecule has 1 aliphatic carbocycles. The predicted molar refractivity (Wildman–Crippen MR) is 127 cm³/mol. The first-order chi connectivity index (χ1) is 16.9. The Hall–Kier alpha value is -2.24. The van der Waals surface area contributed by atoms with E-state index in [1.807, 2.05) is 58.0 Å². The molecule has 3 aliphatic rings. The minimum absolute atomic E-state index is 0.0844. The average Bonchev–Trinajstić information content (AvgIpc) is 3.31. The quantitative estimate of drug-likeness (QED) is 0.557. The first-order valence-corrected chi connectivity index (χ1v) is 12.3. The van der Waals surface area contributed by atoms with Crippen LogP contribution in [0.1, 0.15) is 47.1 Å². The lowest BCUT2D eigenvalue weighted by Gasteiger charge is -2.42. The number of carbonyl (C=O) groups is 2. The molecule has 10 heteroatoms. The molecule has 3 fully saturated rings. The average molecular weight is 508 g/mol. The van der Waals surface area contributed by atoms with E-state index in [1.165, 1.54) is 7.11 Å². The fourth-order valence-electron chi connectivity index (χ4n) is 5.02. The van der Waals surface area contributed by atoms with Gasteiger partial charge in [-0.1, -0.05) is 44.2 Å². The standard InChI is InChI=1S/C26H37NO9/c1-14(2)16(27-24(29)31-13-15-11-9-8-10-12-15)23(28)32-18-17(30-7)19-21(35-25(3,4)33-19)22-20(18)34-26(5,6)36-22/h8-12,14,16-22H,13H2,1-7H3,(H,27,29)/t16-,17?,18?,19?,20?,21?,22?/m0/s1. The summed E-state index contributed by atoms with van der Waals surface area (Å²) in [4.78, 5) is 25.9. The third-order valence-electron chi connectivity index (χ3n) is 6.55. The lowest BCUT2D eigenvalue weighted by molar-refractivity contribution is -0.205. The highest BCUT2D eigenvalue weighted by Gasteiger charge is 2.65. The zero-order chi connectivity index (χ0) is 26.3. The monoisotopic (exact) mass is 507 g/mol. The third-order valence-corrected chi connectivity index (χ3v) is 6.55. The fourth-order valence-corrected chi connectivity index (χ4v) is 5.02. The highest BCUT2D eigenvalue weighted by atomic mass is 16.8. The topological polar surface area (TPSA) is 111 Å². The number of ether oxygens (including phenoxy) is 7. The van der Waals surface area contributed by atoms with Crippen molar-refractivity contribution in [3.05, 3.63) is 35.9 Å². The van der Waals surface area contributed by atoms with Crippen molar-refractivity contribution < 1.29 is 42.7 Å². The van der Waals surface area contributed by atoms with Crippen LogP contribution >= 0.6 is 0 Å². The van der Waals surface area contributed by atoms with Gasteiger partial charge in [-0.25, -0.2) is 9.59 Å². The molecule has 1 saturated carbocycles. The normalized spacial score (nSPS) is 32.9. The van der Waals surface area contributed by atoms with Gasteiger partial charge in [0.15, 0.2) is 17.7 Å². The van der Waals surface area contributed by atoms with Crippen LogP contribution in [-0.4, -0.2) is 73.4 Å². The Morgan fingerprint density at radius 2 is 1.42 bits per heavy atom. The number of hydrogen-bond donors (Lipinski definition) is 1. The van der Waals surface area contributed by atoms with Gasteiger partial charge in [0.1, 0.15) is 43.2 Å². The maximum atomic E-state index is 13.4. The maximum Gasteiger partial charge on any atom is 0.408 e. The summed E-state index contributed by atoms with van der Waals surface area (Å²) in [7, 11) is 1.53. The van der Waals surface area contributed by atoms with Crippen molar-refractivity contribution in [2.45, 2.75) is 102 Å². The number of benzene rings is 1. The first-order valence-electron chi connectivity index (χ1n) is 12.3. The van der Waals surface area contributed by atoms with Crippen LogP contribution in [-0.2, 0) is 44.6 Å². The molecule has 0 radical (unpaired) electrons. The number of carbonyl (C=O) groups excluding carboxylic acids is 2. The molecular formula is C26H37NO9. The van der Waals surface area contributed by atoms with E-state index in [1.54, 1.807) is 13.8 Å². The van der Waals surface area contributed by atoms with Gasteiger partial charge in [0.05, 0.1) is 0 Å². The van der Waals surface area contributed by atoms with Crippen molar-refractivity contribution in [1.82, 2.24) is 5.32 Å². The van der Waals surface area contributed by atoms with E-state index in [0.29, 0.717) is 0 Å². The Balaban J connectivity index is 1.48. The molecule has 2 heterocycles. The summed E-state index contributed by atoms with van der Waals surface area (Å²) in [6.45, 7) is 10.9. The van der Waals surface area contributed by atoms with Crippen molar-refractivity contribution in [3.63, 3.8) is 0 Å². The van der Waals surface area contributed by atoms with Crippen LogP contribution in [0.15, 0.2) is 30.3 Å². The Morgan fingerprint density at radius 1 is 0.889 bits per heavy atom. The molecule has 36 heavy (non-hydrogen) atoms. The number of rotatable bonds is 7. The number of methoxy groups -OCH3 is 1. The van der Waals surface area contributed by atoms with E-state index in [4.69, 9.17) is 33.2 Å². The molecule has 7 atom stereocenters. The van der Waals surface area contributed by atoms with E-state index in [-0.39, 0.29) is 12.5 Å². The third kappa shape index (κ3) is 5.68. The van der Waals surface area contributed by atoms with Crippen molar-refractivity contribution in [1.29, 1.82) is 0 Å². The molecular weight excluding hydrogens is 470 g/mol. The summed E-state index contributed by atoms with van der Waals surface area (Å²) >= 11 is 0. The molecule has 0 bridgehead atoms. The summed E-state index contributed by atoms with van der Waals surface area (Å²) < 4.78 is 41.6. The van der Waals surface area contributed by atoms with Gasteiger partial charge < -0.3 is 38.5 Å². The van der Waals surface area contributed by atoms with Crippen LogP contribution in [0, 0.1) is 5.92 Å². The smallest absolute Gasteiger partial charge is 0.408 e. The minimum atomic E-state index is -0.950. The molecule has 1 N–H and O–H groups in total. The van der Waals surface area contributed by atoms with Crippen molar-refractivity contribution >= 4 is 12.1 Å². The molecule has 0 aromatic heterocycles.